The maximum absolute atomic E-state index is 12.6. The summed E-state index contributed by atoms with van der Waals surface area (Å²) in [4.78, 5) is 48.6. The summed E-state index contributed by atoms with van der Waals surface area (Å²) in [6.07, 6.45) is -2.67. The van der Waals surface area contributed by atoms with Crippen molar-refractivity contribution >= 4 is 24.0 Å². The Morgan fingerprint density at radius 1 is 1.16 bits per heavy atom. The van der Waals surface area contributed by atoms with Gasteiger partial charge in [-0.15, -0.1) is 0 Å². The molecule has 1 rings (SSSR count). The first kappa shape index (κ1) is 27.7. The van der Waals surface area contributed by atoms with Crippen molar-refractivity contribution in [2.45, 2.75) is 104 Å². The minimum Gasteiger partial charge on any atom is -0.467 e. The lowest BCUT2D eigenvalue weighted by Crippen LogP contribution is -2.65. The highest BCUT2D eigenvalue weighted by Crippen LogP contribution is 2.37. The maximum atomic E-state index is 12.6. The average Bonchev–Trinajstić information content (AvgIpc) is 2.64. The van der Waals surface area contributed by atoms with Gasteiger partial charge >= 0.3 is 24.0 Å². The second-order valence-corrected chi connectivity index (χ2v) is 9.24. The zero-order valence-corrected chi connectivity index (χ0v) is 20.5. The number of hydrogen-bond acceptors (Lipinski definition) is 9. The number of methoxy groups -OCH3 is 1. The van der Waals surface area contributed by atoms with Crippen molar-refractivity contribution in [3.63, 3.8) is 0 Å². The summed E-state index contributed by atoms with van der Waals surface area (Å²) >= 11 is 0. The molecule has 1 aliphatic rings. The van der Waals surface area contributed by atoms with Gasteiger partial charge in [0.05, 0.1) is 19.3 Å². The lowest BCUT2D eigenvalue weighted by atomic mass is 9.81. The van der Waals surface area contributed by atoms with E-state index in [-0.39, 0.29) is 6.42 Å². The molecule has 1 amide bonds. The van der Waals surface area contributed by atoms with E-state index in [4.69, 9.17) is 23.7 Å². The van der Waals surface area contributed by atoms with Gasteiger partial charge in [0.2, 0.25) is 0 Å². The van der Waals surface area contributed by atoms with E-state index in [2.05, 4.69) is 5.32 Å². The van der Waals surface area contributed by atoms with Crippen LogP contribution in [0.4, 0.5) is 4.79 Å². The van der Waals surface area contributed by atoms with Crippen molar-refractivity contribution in [1.82, 2.24) is 5.32 Å². The maximum Gasteiger partial charge on any atom is 0.408 e. The standard InChI is InChI=1S/C22H37NO9/c1-10-15(29-13(3)24)12(2)18-17(23-20(27)32-21(5,6)7)16(30-14(4)25)11-22(8,31-18)19(26)28-9/h12,15-18H,10-11H2,1-9H3,(H,23,27)/t12-,15-,16-,17-,18?,22+/m1/s1. The average molecular weight is 460 g/mol. The molecule has 0 aliphatic carbocycles. The molecular formula is C22H37NO9. The zero-order chi connectivity index (χ0) is 24.9. The van der Waals surface area contributed by atoms with Crippen LogP contribution in [0.3, 0.4) is 0 Å². The molecule has 1 heterocycles. The number of carbonyl (C=O) groups is 4. The number of carbonyl (C=O) groups excluding carboxylic acids is 4. The molecular weight excluding hydrogens is 422 g/mol. The van der Waals surface area contributed by atoms with Gasteiger partial charge in [-0.25, -0.2) is 9.59 Å². The first-order valence-electron chi connectivity index (χ1n) is 10.7. The van der Waals surface area contributed by atoms with Crippen molar-refractivity contribution < 1.29 is 42.9 Å². The minimum atomic E-state index is -1.45. The van der Waals surface area contributed by atoms with E-state index in [0.717, 1.165) is 0 Å². The van der Waals surface area contributed by atoms with Gasteiger partial charge in [0.25, 0.3) is 0 Å². The number of hydrogen-bond donors (Lipinski definition) is 1. The number of esters is 3. The van der Waals surface area contributed by atoms with Crippen LogP contribution < -0.4 is 5.32 Å². The molecule has 1 saturated heterocycles. The number of alkyl carbamates (subject to hydrolysis) is 1. The Hall–Kier alpha value is -2.36. The molecule has 0 aromatic heterocycles. The van der Waals surface area contributed by atoms with Crippen molar-refractivity contribution in [2.24, 2.45) is 5.92 Å². The van der Waals surface area contributed by atoms with E-state index in [0.29, 0.717) is 6.42 Å². The summed E-state index contributed by atoms with van der Waals surface area (Å²) in [5, 5.41) is 2.73. The summed E-state index contributed by atoms with van der Waals surface area (Å²) in [5.74, 6) is -2.18. The molecule has 6 atom stereocenters. The zero-order valence-electron chi connectivity index (χ0n) is 20.5. The monoisotopic (exact) mass is 459 g/mol. The van der Waals surface area contributed by atoms with Gasteiger partial charge in [0.15, 0.2) is 5.60 Å². The fraction of sp³-hybridized carbons (Fsp3) is 0.818. The van der Waals surface area contributed by atoms with Gasteiger partial charge in [0, 0.05) is 26.2 Å². The molecule has 10 heteroatoms. The predicted octanol–water partition coefficient (Wildman–Crippen LogP) is 2.51. The molecule has 1 fully saturated rings. The predicted molar refractivity (Wildman–Crippen MR) is 114 cm³/mol. The second-order valence-electron chi connectivity index (χ2n) is 9.24. The van der Waals surface area contributed by atoms with Crippen LogP contribution >= 0.6 is 0 Å². The smallest absolute Gasteiger partial charge is 0.408 e. The molecule has 184 valence electrons. The SMILES string of the molecule is CC[C@@H](OC(C)=O)[C@@H](C)C1O[C@](C)(C(=O)OC)C[C@@H](OC(C)=O)[C@H]1NC(=O)OC(C)(C)C. The fourth-order valence-electron chi connectivity index (χ4n) is 3.86. The highest BCUT2D eigenvalue weighted by Gasteiger charge is 2.54. The van der Waals surface area contributed by atoms with E-state index in [1.165, 1.54) is 27.9 Å². The third-order valence-corrected chi connectivity index (χ3v) is 5.18. The van der Waals surface area contributed by atoms with Gasteiger partial charge in [-0.1, -0.05) is 13.8 Å². The highest BCUT2D eigenvalue weighted by molar-refractivity contribution is 5.79. The normalized spacial score (nSPS) is 27.5. The van der Waals surface area contributed by atoms with Crippen LogP contribution in [0.1, 0.15) is 68.2 Å². The third-order valence-electron chi connectivity index (χ3n) is 5.18. The van der Waals surface area contributed by atoms with Crippen LogP contribution in [0.2, 0.25) is 0 Å². The highest BCUT2D eigenvalue weighted by atomic mass is 16.6. The van der Waals surface area contributed by atoms with E-state index < -0.39 is 65.5 Å². The lowest BCUT2D eigenvalue weighted by Gasteiger charge is -2.48. The first-order valence-corrected chi connectivity index (χ1v) is 10.7. The van der Waals surface area contributed by atoms with E-state index >= 15 is 0 Å². The molecule has 1 aliphatic heterocycles. The quantitative estimate of drug-likeness (QED) is 0.451. The minimum absolute atomic E-state index is 0.0483. The molecule has 10 nitrogen and oxygen atoms in total. The Balaban J connectivity index is 3.41. The van der Waals surface area contributed by atoms with Gasteiger partial charge in [-0.05, 0) is 34.1 Å². The summed E-state index contributed by atoms with van der Waals surface area (Å²) in [7, 11) is 1.23. The van der Waals surface area contributed by atoms with Crippen LogP contribution in [0.15, 0.2) is 0 Å². The molecule has 0 aromatic carbocycles. The van der Waals surface area contributed by atoms with E-state index in [1.54, 1.807) is 27.7 Å². The Bertz CT molecular complexity index is 702. The third kappa shape index (κ3) is 7.65. The Kier molecular flexibility index (Phi) is 9.50. The molecule has 32 heavy (non-hydrogen) atoms. The van der Waals surface area contributed by atoms with Gasteiger partial charge in [-0.3, -0.25) is 9.59 Å². The van der Waals surface area contributed by atoms with Gasteiger partial charge in [-0.2, -0.15) is 0 Å². The van der Waals surface area contributed by atoms with Crippen LogP contribution in [0.5, 0.6) is 0 Å². The molecule has 0 radical (unpaired) electrons. The Labute approximate surface area is 189 Å². The van der Waals surface area contributed by atoms with Crippen LogP contribution in [0, 0.1) is 5.92 Å². The summed E-state index contributed by atoms with van der Waals surface area (Å²) in [6.45, 7) is 12.8. The molecule has 1 unspecified atom stereocenters. The largest absolute Gasteiger partial charge is 0.467 e. The molecule has 1 N–H and O–H groups in total. The Morgan fingerprint density at radius 3 is 2.19 bits per heavy atom. The number of ether oxygens (including phenoxy) is 5. The van der Waals surface area contributed by atoms with Crippen LogP contribution in [0.25, 0.3) is 0 Å². The van der Waals surface area contributed by atoms with Crippen LogP contribution in [-0.2, 0) is 38.1 Å². The van der Waals surface area contributed by atoms with Crippen LogP contribution in [-0.4, -0.2) is 66.7 Å². The lowest BCUT2D eigenvalue weighted by molar-refractivity contribution is -0.220. The van der Waals surface area contributed by atoms with E-state index in [9.17, 15) is 19.2 Å². The van der Waals surface area contributed by atoms with Gasteiger partial charge < -0.3 is 29.0 Å². The Morgan fingerprint density at radius 2 is 1.75 bits per heavy atom. The van der Waals surface area contributed by atoms with Crippen molar-refractivity contribution in [3.8, 4) is 0 Å². The van der Waals surface area contributed by atoms with Crippen molar-refractivity contribution in [3.05, 3.63) is 0 Å². The molecule has 0 bridgehead atoms. The molecule has 0 saturated carbocycles. The van der Waals surface area contributed by atoms with E-state index in [1.807, 2.05) is 6.92 Å². The molecule has 0 spiro atoms. The topological polar surface area (TPSA) is 126 Å². The van der Waals surface area contributed by atoms with Crippen molar-refractivity contribution in [1.29, 1.82) is 0 Å². The van der Waals surface area contributed by atoms with Gasteiger partial charge in [0.1, 0.15) is 17.8 Å². The fourth-order valence-corrected chi connectivity index (χ4v) is 3.86. The summed E-state index contributed by atoms with van der Waals surface area (Å²) in [6, 6.07) is -0.869. The second kappa shape index (κ2) is 11.0. The number of nitrogens with one attached hydrogen (secondary N) is 1. The number of amides is 1. The summed E-state index contributed by atoms with van der Waals surface area (Å²) < 4.78 is 27.4. The van der Waals surface area contributed by atoms with Crippen molar-refractivity contribution in [2.75, 3.05) is 7.11 Å². The summed E-state index contributed by atoms with van der Waals surface area (Å²) in [5.41, 5.74) is -2.21. The number of rotatable bonds is 7. The first-order chi connectivity index (χ1) is 14.6. The molecule has 0 aromatic rings.